The minimum Gasteiger partial charge on any atom is -0.345 e. The van der Waals surface area contributed by atoms with Crippen LogP contribution in [0.5, 0.6) is 0 Å². The highest BCUT2D eigenvalue weighted by Crippen LogP contribution is 2.11. The summed E-state index contributed by atoms with van der Waals surface area (Å²) in [5.74, 6) is 0.948. The highest BCUT2D eigenvalue weighted by Gasteiger charge is 2.06. The summed E-state index contributed by atoms with van der Waals surface area (Å²) in [4.78, 5) is 7.68. The minimum absolute atomic E-state index is 0.532. The molecule has 0 unspecified atom stereocenters. The van der Waals surface area contributed by atoms with Crippen LogP contribution < -0.4 is 5.73 Å². The third kappa shape index (κ3) is 2.94. The molecule has 0 amide bonds. The SMILES string of the molecule is Cc1ccc(CCc2nc(C)[nH]c2CN)cc1. The highest BCUT2D eigenvalue weighted by atomic mass is 14.9. The third-order valence-electron chi connectivity index (χ3n) is 2.96. The van der Waals surface area contributed by atoms with Crippen molar-refractivity contribution in [3.63, 3.8) is 0 Å². The lowest BCUT2D eigenvalue weighted by Crippen LogP contribution is -2.02. The van der Waals surface area contributed by atoms with Crippen LogP contribution >= 0.6 is 0 Å². The van der Waals surface area contributed by atoms with Gasteiger partial charge in [-0.2, -0.15) is 0 Å². The van der Waals surface area contributed by atoms with Crippen LogP contribution in [0.25, 0.3) is 0 Å². The summed E-state index contributed by atoms with van der Waals surface area (Å²) in [7, 11) is 0. The molecule has 3 nitrogen and oxygen atoms in total. The molecule has 1 aromatic heterocycles. The van der Waals surface area contributed by atoms with E-state index in [0.29, 0.717) is 6.54 Å². The topological polar surface area (TPSA) is 54.7 Å². The molecule has 0 saturated carbocycles. The summed E-state index contributed by atoms with van der Waals surface area (Å²) in [5, 5.41) is 0. The van der Waals surface area contributed by atoms with Crippen molar-refractivity contribution < 1.29 is 0 Å². The average Bonchev–Trinajstić information content (AvgIpc) is 2.69. The van der Waals surface area contributed by atoms with Gasteiger partial charge in [0.25, 0.3) is 0 Å². The van der Waals surface area contributed by atoms with Crippen molar-refractivity contribution in [3.05, 3.63) is 52.6 Å². The third-order valence-corrected chi connectivity index (χ3v) is 2.96. The van der Waals surface area contributed by atoms with Crippen LogP contribution in [0.3, 0.4) is 0 Å². The van der Waals surface area contributed by atoms with Gasteiger partial charge in [0.05, 0.1) is 11.4 Å². The quantitative estimate of drug-likeness (QED) is 0.845. The Hall–Kier alpha value is -1.61. The van der Waals surface area contributed by atoms with Gasteiger partial charge in [-0.3, -0.25) is 0 Å². The Bertz CT molecular complexity index is 483. The maximum Gasteiger partial charge on any atom is 0.103 e. The van der Waals surface area contributed by atoms with Crippen LogP contribution in [0.1, 0.15) is 28.3 Å². The summed E-state index contributed by atoms with van der Waals surface area (Å²) in [6, 6.07) is 8.65. The average molecular weight is 229 g/mol. The van der Waals surface area contributed by atoms with Crippen molar-refractivity contribution in [2.24, 2.45) is 5.73 Å². The number of aryl methyl sites for hydroxylation is 4. The summed E-state index contributed by atoms with van der Waals surface area (Å²) >= 11 is 0. The van der Waals surface area contributed by atoms with E-state index in [0.717, 1.165) is 30.1 Å². The van der Waals surface area contributed by atoms with Crippen LogP contribution in [-0.4, -0.2) is 9.97 Å². The van der Waals surface area contributed by atoms with E-state index in [4.69, 9.17) is 5.73 Å². The smallest absolute Gasteiger partial charge is 0.103 e. The number of H-pyrrole nitrogens is 1. The molecule has 0 aliphatic rings. The number of nitrogens with two attached hydrogens (primary N) is 1. The second-order valence-electron chi connectivity index (χ2n) is 4.44. The molecule has 1 aromatic carbocycles. The molecule has 3 heteroatoms. The fourth-order valence-corrected chi connectivity index (χ4v) is 1.98. The monoisotopic (exact) mass is 229 g/mol. The minimum atomic E-state index is 0.532. The molecule has 0 aliphatic carbocycles. The molecule has 2 rings (SSSR count). The van der Waals surface area contributed by atoms with Gasteiger partial charge in [-0.15, -0.1) is 0 Å². The fourth-order valence-electron chi connectivity index (χ4n) is 1.98. The van der Waals surface area contributed by atoms with Gasteiger partial charge in [0.15, 0.2) is 0 Å². The number of benzene rings is 1. The van der Waals surface area contributed by atoms with E-state index in [1.165, 1.54) is 11.1 Å². The van der Waals surface area contributed by atoms with Crippen molar-refractivity contribution in [2.75, 3.05) is 0 Å². The van der Waals surface area contributed by atoms with Gasteiger partial charge < -0.3 is 10.7 Å². The van der Waals surface area contributed by atoms with Crippen molar-refractivity contribution >= 4 is 0 Å². The Balaban J connectivity index is 2.04. The molecule has 17 heavy (non-hydrogen) atoms. The normalized spacial score (nSPS) is 10.8. The van der Waals surface area contributed by atoms with Crippen molar-refractivity contribution in [2.45, 2.75) is 33.2 Å². The predicted octanol–water partition coefficient (Wildman–Crippen LogP) is 2.27. The standard InChI is InChI=1S/C14H19N3/c1-10-3-5-12(6-4-10)7-8-13-14(9-15)17-11(2)16-13/h3-6H,7-9,15H2,1-2H3,(H,16,17). The predicted molar refractivity (Wildman–Crippen MR) is 69.8 cm³/mol. The summed E-state index contributed by atoms with van der Waals surface area (Å²) in [6.45, 7) is 4.60. The number of hydrogen-bond acceptors (Lipinski definition) is 2. The summed E-state index contributed by atoms with van der Waals surface area (Å²) < 4.78 is 0. The zero-order valence-electron chi connectivity index (χ0n) is 10.5. The Labute approximate surface area is 102 Å². The molecule has 0 radical (unpaired) electrons. The first-order chi connectivity index (χ1) is 8.19. The number of aromatic nitrogens is 2. The van der Waals surface area contributed by atoms with Crippen molar-refractivity contribution in [3.8, 4) is 0 Å². The fraction of sp³-hybridized carbons (Fsp3) is 0.357. The number of aromatic amines is 1. The Morgan fingerprint density at radius 2 is 1.82 bits per heavy atom. The van der Waals surface area contributed by atoms with Crippen molar-refractivity contribution in [1.29, 1.82) is 0 Å². The van der Waals surface area contributed by atoms with Gasteiger partial charge in [-0.1, -0.05) is 29.8 Å². The van der Waals surface area contributed by atoms with Crippen LogP contribution in [0, 0.1) is 13.8 Å². The molecule has 0 fully saturated rings. The van der Waals surface area contributed by atoms with Crippen LogP contribution in [0.4, 0.5) is 0 Å². The number of nitrogens with one attached hydrogen (secondary N) is 1. The van der Waals surface area contributed by atoms with Gasteiger partial charge in [0.1, 0.15) is 5.82 Å². The van der Waals surface area contributed by atoms with Gasteiger partial charge in [0.2, 0.25) is 0 Å². The number of nitrogens with zero attached hydrogens (tertiary/aromatic N) is 1. The second-order valence-corrected chi connectivity index (χ2v) is 4.44. The lowest BCUT2D eigenvalue weighted by molar-refractivity contribution is 0.884. The van der Waals surface area contributed by atoms with Crippen LogP contribution in [0.15, 0.2) is 24.3 Å². The number of rotatable bonds is 4. The van der Waals surface area contributed by atoms with E-state index >= 15 is 0 Å². The Morgan fingerprint density at radius 1 is 1.12 bits per heavy atom. The molecule has 0 bridgehead atoms. The van der Waals surface area contributed by atoms with E-state index in [1.54, 1.807) is 0 Å². The van der Waals surface area contributed by atoms with E-state index in [1.807, 2.05) is 6.92 Å². The Morgan fingerprint density at radius 3 is 2.47 bits per heavy atom. The van der Waals surface area contributed by atoms with Gasteiger partial charge in [-0.25, -0.2) is 4.98 Å². The lowest BCUT2D eigenvalue weighted by atomic mass is 10.1. The molecule has 3 N–H and O–H groups in total. The van der Waals surface area contributed by atoms with Gasteiger partial charge in [0, 0.05) is 6.54 Å². The molecule has 0 saturated heterocycles. The zero-order valence-corrected chi connectivity index (χ0v) is 10.5. The van der Waals surface area contributed by atoms with Gasteiger partial charge >= 0.3 is 0 Å². The second kappa shape index (κ2) is 5.15. The lowest BCUT2D eigenvalue weighted by Gasteiger charge is -2.02. The number of hydrogen-bond donors (Lipinski definition) is 2. The maximum atomic E-state index is 5.68. The van der Waals surface area contributed by atoms with E-state index in [9.17, 15) is 0 Å². The van der Waals surface area contributed by atoms with Crippen molar-refractivity contribution in [1.82, 2.24) is 9.97 Å². The maximum absolute atomic E-state index is 5.68. The van der Waals surface area contributed by atoms with E-state index < -0.39 is 0 Å². The first-order valence-electron chi connectivity index (χ1n) is 5.99. The first kappa shape index (κ1) is 11.9. The van der Waals surface area contributed by atoms with Crippen LogP contribution in [-0.2, 0) is 19.4 Å². The molecular formula is C14H19N3. The molecule has 90 valence electrons. The molecule has 0 spiro atoms. The molecule has 0 atom stereocenters. The van der Waals surface area contributed by atoms with Gasteiger partial charge in [-0.05, 0) is 32.3 Å². The zero-order chi connectivity index (χ0) is 12.3. The Kier molecular flexibility index (Phi) is 3.59. The van der Waals surface area contributed by atoms with E-state index in [2.05, 4.69) is 41.2 Å². The molecular weight excluding hydrogens is 210 g/mol. The van der Waals surface area contributed by atoms with E-state index in [-0.39, 0.29) is 0 Å². The molecule has 2 aromatic rings. The number of imidazole rings is 1. The summed E-state index contributed by atoms with van der Waals surface area (Å²) in [6.07, 6.45) is 1.96. The molecule has 1 heterocycles. The highest BCUT2D eigenvalue weighted by molar-refractivity contribution is 5.23. The molecule has 0 aliphatic heterocycles. The first-order valence-corrected chi connectivity index (χ1v) is 5.99. The largest absolute Gasteiger partial charge is 0.345 e. The van der Waals surface area contributed by atoms with Crippen LogP contribution in [0.2, 0.25) is 0 Å². The summed E-state index contributed by atoms with van der Waals surface area (Å²) in [5.41, 5.74) is 10.5.